The third-order valence-corrected chi connectivity index (χ3v) is 6.24. The number of carbonyl (C=O) groups excluding carboxylic acids is 2. The Kier molecular flexibility index (Phi) is 4.05. The van der Waals surface area contributed by atoms with Crippen LogP contribution in [0.3, 0.4) is 0 Å². The third-order valence-electron chi connectivity index (χ3n) is 6.24. The number of likely N-dealkylation sites (N-methyl/N-ethyl adjacent to an activating group) is 1. The van der Waals surface area contributed by atoms with E-state index in [9.17, 15) is 14.7 Å². The van der Waals surface area contributed by atoms with E-state index in [1.807, 2.05) is 67.6 Å². The van der Waals surface area contributed by atoms with Crippen LogP contribution >= 0.6 is 0 Å². The van der Waals surface area contributed by atoms with Gasteiger partial charge in [-0.2, -0.15) is 0 Å². The Balaban J connectivity index is 1.63. The smallest absolute Gasteiger partial charge is 0.265 e. The molecule has 0 unspecified atom stereocenters. The van der Waals surface area contributed by atoms with Gasteiger partial charge >= 0.3 is 0 Å². The molecule has 0 bridgehead atoms. The maximum atomic E-state index is 13.7. The van der Waals surface area contributed by atoms with Crippen LogP contribution in [0.2, 0.25) is 0 Å². The highest BCUT2D eigenvalue weighted by molar-refractivity contribution is 6.15. The normalized spacial score (nSPS) is 22.4. The highest BCUT2D eigenvalue weighted by atomic mass is 16.3. The van der Waals surface area contributed by atoms with E-state index in [1.165, 1.54) is 4.90 Å². The van der Waals surface area contributed by atoms with Gasteiger partial charge in [-0.1, -0.05) is 66.2 Å². The minimum absolute atomic E-state index is 0.279. The molecule has 30 heavy (non-hydrogen) atoms. The molecule has 5 nitrogen and oxygen atoms in total. The van der Waals surface area contributed by atoms with Crippen LogP contribution in [0, 0.1) is 6.92 Å². The Morgan fingerprint density at radius 2 is 1.53 bits per heavy atom. The number of hydrogen-bond acceptors (Lipinski definition) is 3. The van der Waals surface area contributed by atoms with Crippen molar-refractivity contribution in [1.29, 1.82) is 0 Å². The van der Waals surface area contributed by atoms with E-state index in [0.717, 1.165) is 16.8 Å². The molecule has 2 heterocycles. The molecule has 0 saturated heterocycles. The van der Waals surface area contributed by atoms with E-state index >= 15 is 0 Å². The number of anilines is 2. The first-order valence-electron chi connectivity index (χ1n) is 9.99. The lowest BCUT2D eigenvalue weighted by Crippen LogP contribution is -2.47. The SMILES string of the molecule is Cc1ccc(CN2C(=O)[C@@](O)([C@H]3C(=O)N(C)c4ccccc43)c3ccccc32)cc1. The van der Waals surface area contributed by atoms with Crippen LogP contribution < -0.4 is 9.80 Å². The predicted octanol–water partition coefficient (Wildman–Crippen LogP) is 3.49. The Morgan fingerprint density at radius 1 is 0.900 bits per heavy atom. The van der Waals surface area contributed by atoms with Crippen LogP contribution in [-0.4, -0.2) is 24.0 Å². The molecule has 3 aromatic carbocycles. The summed E-state index contributed by atoms with van der Waals surface area (Å²) in [5, 5.41) is 11.9. The second-order valence-electron chi connectivity index (χ2n) is 8.05. The molecule has 2 atom stereocenters. The van der Waals surface area contributed by atoms with Gasteiger partial charge in [0.05, 0.1) is 12.2 Å². The average Bonchev–Trinajstić information content (AvgIpc) is 3.14. The molecule has 5 rings (SSSR count). The highest BCUT2D eigenvalue weighted by Crippen LogP contribution is 2.53. The number of aliphatic hydroxyl groups is 1. The molecule has 0 fully saturated rings. The number of carbonyl (C=O) groups is 2. The van der Waals surface area contributed by atoms with Crippen LogP contribution in [0.4, 0.5) is 11.4 Å². The van der Waals surface area contributed by atoms with Gasteiger partial charge in [0.1, 0.15) is 5.92 Å². The number of aryl methyl sites for hydroxylation is 1. The van der Waals surface area contributed by atoms with Crippen LogP contribution in [0.1, 0.15) is 28.2 Å². The van der Waals surface area contributed by atoms with E-state index in [1.54, 1.807) is 24.1 Å². The minimum atomic E-state index is -1.95. The number of benzene rings is 3. The van der Waals surface area contributed by atoms with Gasteiger partial charge in [-0.3, -0.25) is 9.59 Å². The van der Waals surface area contributed by atoms with Gasteiger partial charge in [0.25, 0.3) is 5.91 Å². The fourth-order valence-corrected chi connectivity index (χ4v) is 4.66. The van der Waals surface area contributed by atoms with E-state index in [4.69, 9.17) is 0 Å². The molecule has 2 amide bonds. The first-order valence-corrected chi connectivity index (χ1v) is 9.99. The number of amides is 2. The summed E-state index contributed by atoms with van der Waals surface area (Å²) in [7, 11) is 1.68. The Bertz CT molecular complexity index is 1170. The first kappa shape index (κ1) is 18.6. The highest BCUT2D eigenvalue weighted by Gasteiger charge is 2.60. The quantitative estimate of drug-likeness (QED) is 0.735. The lowest BCUT2D eigenvalue weighted by Gasteiger charge is -2.28. The summed E-state index contributed by atoms with van der Waals surface area (Å²) in [5.41, 5.74) is 2.68. The standard InChI is InChI=1S/C25H22N2O3/c1-16-11-13-17(14-12-16)15-27-21-10-6-4-8-19(21)25(30,24(27)29)22-18-7-3-5-9-20(18)26(2)23(22)28/h3-14,22,30H,15H2,1-2H3/t22-,25+/m1/s1. The van der Waals surface area contributed by atoms with E-state index in [-0.39, 0.29) is 5.91 Å². The summed E-state index contributed by atoms with van der Waals surface area (Å²) in [5.74, 6) is -1.72. The third kappa shape index (κ3) is 2.45. The van der Waals surface area contributed by atoms with Gasteiger partial charge in [0, 0.05) is 18.3 Å². The molecule has 2 aliphatic rings. The van der Waals surface area contributed by atoms with E-state index in [0.29, 0.717) is 23.4 Å². The maximum Gasteiger partial charge on any atom is 0.265 e. The predicted molar refractivity (Wildman–Crippen MR) is 115 cm³/mol. The summed E-state index contributed by atoms with van der Waals surface area (Å²) in [6.45, 7) is 2.34. The van der Waals surface area contributed by atoms with Gasteiger partial charge in [-0.25, -0.2) is 0 Å². The van der Waals surface area contributed by atoms with Crippen molar-refractivity contribution >= 4 is 23.2 Å². The molecule has 0 radical (unpaired) electrons. The fraction of sp³-hybridized carbons (Fsp3) is 0.200. The number of hydrogen-bond donors (Lipinski definition) is 1. The van der Waals surface area contributed by atoms with Crippen molar-refractivity contribution in [2.24, 2.45) is 0 Å². The molecule has 1 N–H and O–H groups in total. The van der Waals surface area contributed by atoms with Crippen LogP contribution in [0.5, 0.6) is 0 Å². The first-order chi connectivity index (χ1) is 14.4. The van der Waals surface area contributed by atoms with Crippen LogP contribution in [-0.2, 0) is 21.7 Å². The van der Waals surface area contributed by atoms with Crippen LogP contribution in [0.15, 0.2) is 72.8 Å². The molecule has 0 aromatic heterocycles. The van der Waals surface area contributed by atoms with Crippen molar-refractivity contribution in [1.82, 2.24) is 0 Å². The number of nitrogens with zero attached hydrogens (tertiary/aromatic N) is 2. The van der Waals surface area contributed by atoms with Crippen molar-refractivity contribution < 1.29 is 14.7 Å². The Morgan fingerprint density at radius 3 is 2.27 bits per heavy atom. The average molecular weight is 398 g/mol. The largest absolute Gasteiger partial charge is 0.374 e. The van der Waals surface area contributed by atoms with Crippen molar-refractivity contribution in [3.8, 4) is 0 Å². The van der Waals surface area contributed by atoms with Gasteiger partial charge < -0.3 is 14.9 Å². The van der Waals surface area contributed by atoms with Crippen molar-refractivity contribution in [2.45, 2.75) is 25.0 Å². The van der Waals surface area contributed by atoms with Gasteiger partial charge in [-0.15, -0.1) is 0 Å². The Labute approximate surface area is 175 Å². The lowest BCUT2D eigenvalue weighted by molar-refractivity contribution is -0.144. The molecular weight excluding hydrogens is 376 g/mol. The van der Waals surface area contributed by atoms with Gasteiger partial charge in [0.15, 0.2) is 5.60 Å². The van der Waals surface area contributed by atoms with Crippen molar-refractivity contribution in [3.63, 3.8) is 0 Å². The molecule has 150 valence electrons. The minimum Gasteiger partial charge on any atom is -0.374 e. The summed E-state index contributed by atoms with van der Waals surface area (Å²) < 4.78 is 0. The topological polar surface area (TPSA) is 60.9 Å². The maximum absolute atomic E-state index is 13.7. The lowest BCUT2D eigenvalue weighted by atomic mass is 9.78. The van der Waals surface area contributed by atoms with Crippen LogP contribution in [0.25, 0.3) is 0 Å². The molecule has 0 spiro atoms. The van der Waals surface area contributed by atoms with Gasteiger partial charge in [0.2, 0.25) is 5.91 Å². The van der Waals surface area contributed by atoms with Gasteiger partial charge in [-0.05, 0) is 30.2 Å². The zero-order valence-electron chi connectivity index (χ0n) is 16.9. The van der Waals surface area contributed by atoms with Crippen molar-refractivity contribution in [3.05, 3.63) is 95.1 Å². The number of rotatable bonds is 3. The number of fused-ring (bicyclic) bond motifs is 2. The second-order valence-corrected chi connectivity index (χ2v) is 8.05. The monoisotopic (exact) mass is 398 g/mol. The molecule has 0 saturated carbocycles. The Hall–Kier alpha value is -3.44. The zero-order valence-corrected chi connectivity index (χ0v) is 16.9. The van der Waals surface area contributed by atoms with E-state index < -0.39 is 17.4 Å². The summed E-state index contributed by atoms with van der Waals surface area (Å²) in [6.07, 6.45) is 0. The molecule has 3 aromatic rings. The van der Waals surface area contributed by atoms with Crippen molar-refractivity contribution in [2.75, 3.05) is 16.8 Å². The molecule has 2 aliphatic heterocycles. The molecular formula is C25H22N2O3. The van der Waals surface area contributed by atoms with E-state index in [2.05, 4.69) is 0 Å². The summed E-state index contributed by atoms with van der Waals surface area (Å²) >= 11 is 0. The zero-order chi connectivity index (χ0) is 21.0. The summed E-state index contributed by atoms with van der Waals surface area (Å²) in [4.78, 5) is 30.0. The number of para-hydroxylation sites is 2. The second kappa shape index (κ2) is 6.54. The molecule has 0 aliphatic carbocycles. The molecule has 5 heteroatoms. The fourth-order valence-electron chi connectivity index (χ4n) is 4.66. The summed E-state index contributed by atoms with van der Waals surface area (Å²) in [6, 6.07) is 22.5.